The minimum atomic E-state index is -4.11. The van der Waals surface area contributed by atoms with E-state index >= 15 is 0 Å². The van der Waals surface area contributed by atoms with E-state index in [-0.39, 0.29) is 15.6 Å². The van der Waals surface area contributed by atoms with Crippen molar-refractivity contribution in [1.29, 1.82) is 0 Å². The van der Waals surface area contributed by atoms with Crippen molar-refractivity contribution in [3.63, 3.8) is 0 Å². The fourth-order valence-electron chi connectivity index (χ4n) is 1.52. The number of nitrogens with two attached hydrogens (primary N) is 1. The van der Waals surface area contributed by atoms with Crippen LogP contribution in [0.4, 0.5) is 20.2 Å². The molecule has 0 saturated carbocycles. The maximum Gasteiger partial charge on any atom is 0.262 e. The van der Waals surface area contributed by atoms with E-state index < -0.39 is 27.3 Å². The van der Waals surface area contributed by atoms with Crippen LogP contribution in [0.3, 0.4) is 0 Å². The van der Waals surface area contributed by atoms with Gasteiger partial charge >= 0.3 is 0 Å². The van der Waals surface area contributed by atoms with Crippen LogP contribution in [-0.4, -0.2) is 8.42 Å². The topological polar surface area (TPSA) is 72.2 Å². The van der Waals surface area contributed by atoms with Crippen LogP contribution in [0.1, 0.15) is 0 Å². The summed E-state index contributed by atoms with van der Waals surface area (Å²) in [5.74, 6) is -2.03. The average Bonchev–Trinajstić information content (AvgIpc) is 2.37. The molecule has 0 unspecified atom stereocenters. The lowest BCUT2D eigenvalue weighted by Crippen LogP contribution is -2.15. The zero-order valence-electron chi connectivity index (χ0n) is 10.2. The van der Waals surface area contributed by atoms with Crippen LogP contribution in [-0.2, 0) is 10.0 Å². The summed E-state index contributed by atoms with van der Waals surface area (Å²) in [5.41, 5.74) is 5.27. The van der Waals surface area contributed by atoms with Crippen molar-refractivity contribution in [3.05, 3.63) is 51.5 Å². The number of nitrogen functional groups attached to an aromatic ring is 1. The highest BCUT2D eigenvalue weighted by atomic mass is 79.9. The molecule has 112 valence electrons. The third-order valence-corrected chi connectivity index (χ3v) is 4.89. The van der Waals surface area contributed by atoms with E-state index in [1.54, 1.807) is 0 Å². The highest BCUT2D eigenvalue weighted by Crippen LogP contribution is 2.30. The Morgan fingerprint density at radius 1 is 1.19 bits per heavy atom. The van der Waals surface area contributed by atoms with Gasteiger partial charge in [0.25, 0.3) is 10.0 Å². The number of hydrogen-bond donors (Lipinski definition) is 2. The summed E-state index contributed by atoms with van der Waals surface area (Å²) >= 11 is 8.78. The Labute approximate surface area is 133 Å². The minimum absolute atomic E-state index is 0.178. The van der Waals surface area contributed by atoms with E-state index in [0.29, 0.717) is 10.5 Å². The van der Waals surface area contributed by atoms with Gasteiger partial charge in [0.2, 0.25) is 0 Å². The van der Waals surface area contributed by atoms with E-state index in [2.05, 4.69) is 15.9 Å². The molecule has 4 nitrogen and oxygen atoms in total. The van der Waals surface area contributed by atoms with Gasteiger partial charge in [-0.15, -0.1) is 0 Å². The second-order valence-corrected chi connectivity index (χ2v) is 6.98. The van der Waals surface area contributed by atoms with Crippen LogP contribution in [0.25, 0.3) is 0 Å². The molecule has 2 rings (SSSR count). The lowest BCUT2D eigenvalue weighted by molar-refractivity contribution is 0.583. The van der Waals surface area contributed by atoms with Crippen LogP contribution < -0.4 is 10.5 Å². The molecule has 0 radical (unpaired) electrons. The van der Waals surface area contributed by atoms with Crippen LogP contribution in [0.5, 0.6) is 0 Å². The van der Waals surface area contributed by atoms with Crippen molar-refractivity contribution < 1.29 is 17.2 Å². The normalized spacial score (nSPS) is 11.4. The van der Waals surface area contributed by atoms with Crippen molar-refractivity contribution in [1.82, 2.24) is 0 Å². The summed E-state index contributed by atoms with van der Waals surface area (Å²) in [6, 6.07) is 5.24. The fraction of sp³-hybridized carbons (Fsp3) is 0. The molecule has 0 bridgehead atoms. The van der Waals surface area contributed by atoms with Gasteiger partial charge in [0.15, 0.2) is 5.82 Å². The molecule has 0 heterocycles. The van der Waals surface area contributed by atoms with E-state index in [1.807, 2.05) is 4.72 Å². The first-order valence-electron chi connectivity index (χ1n) is 5.43. The van der Waals surface area contributed by atoms with Crippen molar-refractivity contribution in [3.8, 4) is 0 Å². The average molecular weight is 398 g/mol. The van der Waals surface area contributed by atoms with E-state index in [4.69, 9.17) is 17.3 Å². The van der Waals surface area contributed by atoms with Crippen LogP contribution in [0.2, 0.25) is 5.02 Å². The number of hydrogen-bond acceptors (Lipinski definition) is 3. The van der Waals surface area contributed by atoms with Crippen LogP contribution in [0, 0.1) is 11.6 Å². The maximum absolute atomic E-state index is 13.6. The number of sulfonamides is 1. The summed E-state index contributed by atoms with van der Waals surface area (Å²) in [7, 11) is -4.11. The van der Waals surface area contributed by atoms with Gasteiger partial charge in [0.1, 0.15) is 11.5 Å². The highest BCUT2D eigenvalue weighted by molar-refractivity contribution is 9.10. The molecule has 0 saturated heterocycles. The predicted molar refractivity (Wildman–Crippen MR) is 80.7 cm³/mol. The quantitative estimate of drug-likeness (QED) is 0.775. The van der Waals surface area contributed by atoms with Gasteiger partial charge in [-0.25, -0.2) is 17.2 Å². The first kappa shape index (κ1) is 16.0. The minimum Gasteiger partial charge on any atom is -0.398 e. The summed E-state index contributed by atoms with van der Waals surface area (Å²) in [4.78, 5) is -0.178. The van der Waals surface area contributed by atoms with E-state index in [1.165, 1.54) is 18.2 Å². The molecule has 2 aromatic rings. The molecule has 0 atom stereocenters. The van der Waals surface area contributed by atoms with Crippen LogP contribution >= 0.6 is 27.5 Å². The maximum atomic E-state index is 13.6. The highest BCUT2D eigenvalue weighted by Gasteiger charge is 2.20. The molecule has 3 N–H and O–H groups in total. The number of benzene rings is 2. The van der Waals surface area contributed by atoms with Gasteiger partial charge in [-0.05, 0) is 40.2 Å². The smallest absolute Gasteiger partial charge is 0.262 e. The molecule has 21 heavy (non-hydrogen) atoms. The summed E-state index contributed by atoms with van der Waals surface area (Å²) in [6.07, 6.45) is 0. The molecule has 0 aliphatic heterocycles. The summed E-state index contributed by atoms with van der Waals surface area (Å²) in [6.45, 7) is 0. The zero-order chi connectivity index (χ0) is 15.8. The van der Waals surface area contributed by atoms with Crippen molar-refractivity contribution >= 4 is 48.9 Å². The molecule has 0 amide bonds. The lowest BCUT2D eigenvalue weighted by atomic mass is 10.3. The lowest BCUT2D eigenvalue weighted by Gasteiger charge is -2.11. The Balaban J connectivity index is 2.44. The monoisotopic (exact) mass is 396 g/mol. The SMILES string of the molecule is Nc1cc(S(=O)(=O)Nc2c(F)cc(F)cc2Cl)ccc1Br. The largest absolute Gasteiger partial charge is 0.398 e. The van der Waals surface area contributed by atoms with Crippen molar-refractivity contribution in [2.24, 2.45) is 0 Å². The Bertz CT molecular complexity index is 792. The molecular weight excluding hydrogens is 390 g/mol. The molecule has 0 aromatic heterocycles. The number of anilines is 2. The molecule has 0 spiro atoms. The second-order valence-electron chi connectivity index (χ2n) is 4.03. The second kappa shape index (κ2) is 5.78. The molecule has 0 fully saturated rings. The van der Waals surface area contributed by atoms with Crippen molar-refractivity contribution in [2.75, 3.05) is 10.5 Å². The Kier molecular flexibility index (Phi) is 4.40. The standard InChI is InChI=1S/C12H8BrClF2N2O2S/c13-8-2-1-7(5-11(8)17)21(19,20)18-12-9(14)3-6(15)4-10(12)16/h1-5,18H,17H2. The summed E-state index contributed by atoms with van der Waals surface area (Å²) in [5, 5.41) is -0.388. The Morgan fingerprint density at radius 2 is 1.86 bits per heavy atom. The molecule has 0 aliphatic carbocycles. The van der Waals surface area contributed by atoms with Gasteiger partial charge in [-0.3, -0.25) is 4.72 Å². The van der Waals surface area contributed by atoms with Gasteiger partial charge in [-0.1, -0.05) is 11.6 Å². The van der Waals surface area contributed by atoms with E-state index in [9.17, 15) is 17.2 Å². The van der Waals surface area contributed by atoms with Gasteiger partial charge < -0.3 is 5.73 Å². The predicted octanol–water partition coefficient (Wildman–Crippen LogP) is 3.76. The Hall–Kier alpha value is -1.38. The third-order valence-electron chi connectivity index (χ3n) is 2.52. The van der Waals surface area contributed by atoms with Gasteiger partial charge in [0.05, 0.1) is 9.92 Å². The molecule has 0 aliphatic rings. The van der Waals surface area contributed by atoms with Crippen LogP contribution in [0.15, 0.2) is 39.7 Å². The summed E-state index contributed by atoms with van der Waals surface area (Å²) < 4.78 is 53.4. The van der Waals surface area contributed by atoms with Gasteiger partial charge in [-0.2, -0.15) is 0 Å². The van der Waals surface area contributed by atoms with Gasteiger partial charge in [0, 0.05) is 16.2 Å². The molecular formula is C12H8BrClF2N2O2S. The Morgan fingerprint density at radius 3 is 2.43 bits per heavy atom. The zero-order valence-corrected chi connectivity index (χ0v) is 13.4. The van der Waals surface area contributed by atoms with E-state index in [0.717, 1.165) is 6.07 Å². The third kappa shape index (κ3) is 3.45. The first-order chi connectivity index (χ1) is 9.70. The number of halogens is 4. The first-order valence-corrected chi connectivity index (χ1v) is 8.08. The fourth-order valence-corrected chi connectivity index (χ4v) is 3.19. The molecule has 2 aromatic carbocycles. The molecule has 9 heteroatoms. The number of nitrogens with one attached hydrogen (secondary N) is 1. The number of rotatable bonds is 3. The van der Waals surface area contributed by atoms with Crippen molar-refractivity contribution in [2.45, 2.75) is 4.90 Å².